The number of ether oxygens (including phenoxy) is 1. The molecular formula is C16H21N3O3. The monoisotopic (exact) mass is 303 g/mol. The quantitative estimate of drug-likeness (QED) is 0.792. The van der Waals surface area contributed by atoms with E-state index in [1.807, 2.05) is 18.2 Å². The highest BCUT2D eigenvalue weighted by Crippen LogP contribution is 2.23. The van der Waals surface area contributed by atoms with Gasteiger partial charge < -0.3 is 20.7 Å². The van der Waals surface area contributed by atoms with E-state index in [1.165, 1.54) is 0 Å². The van der Waals surface area contributed by atoms with E-state index in [4.69, 9.17) is 4.74 Å². The van der Waals surface area contributed by atoms with Crippen LogP contribution in [-0.4, -0.2) is 31.2 Å². The summed E-state index contributed by atoms with van der Waals surface area (Å²) in [5, 5.41) is 8.66. The average Bonchev–Trinajstić information content (AvgIpc) is 2.69. The van der Waals surface area contributed by atoms with E-state index < -0.39 is 0 Å². The van der Waals surface area contributed by atoms with Crippen molar-refractivity contribution >= 4 is 17.6 Å². The molecule has 1 fully saturated rings. The molecule has 1 atom stereocenters. The molecule has 3 amide bonds. The third-order valence-electron chi connectivity index (χ3n) is 4.03. The van der Waals surface area contributed by atoms with Gasteiger partial charge in [-0.1, -0.05) is 12.1 Å². The molecular weight excluding hydrogens is 282 g/mol. The van der Waals surface area contributed by atoms with E-state index in [2.05, 4.69) is 16.0 Å². The third-order valence-corrected chi connectivity index (χ3v) is 4.03. The lowest BCUT2D eigenvalue weighted by Gasteiger charge is -2.16. The zero-order chi connectivity index (χ0) is 15.4. The molecule has 2 aliphatic heterocycles. The van der Waals surface area contributed by atoms with Gasteiger partial charge in [0.1, 0.15) is 0 Å². The Hall–Kier alpha value is -2.08. The first-order valence-corrected chi connectivity index (χ1v) is 7.74. The molecule has 1 aromatic rings. The van der Waals surface area contributed by atoms with Crippen LogP contribution < -0.4 is 16.0 Å². The van der Waals surface area contributed by atoms with Crippen LogP contribution in [0.4, 0.5) is 10.5 Å². The minimum Gasteiger partial charge on any atom is -0.381 e. The van der Waals surface area contributed by atoms with Crippen LogP contribution in [0.1, 0.15) is 30.4 Å². The Labute approximate surface area is 129 Å². The lowest BCUT2D eigenvalue weighted by Crippen LogP contribution is -2.41. The van der Waals surface area contributed by atoms with Gasteiger partial charge in [0, 0.05) is 31.5 Å². The molecule has 1 aromatic carbocycles. The van der Waals surface area contributed by atoms with E-state index in [-0.39, 0.29) is 18.0 Å². The van der Waals surface area contributed by atoms with Gasteiger partial charge in [0.15, 0.2) is 0 Å². The first-order valence-electron chi connectivity index (χ1n) is 7.74. The Morgan fingerprint density at radius 3 is 3.14 bits per heavy atom. The van der Waals surface area contributed by atoms with Crippen LogP contribution in [0.25, 0.3) is 0 Å². The molecule has 0 radical (unpaired) electrons. The number of amides is 3. The number of benzene rings is 1. The Morgan fingerprint density at radius 2 is 2.23 bits per heavy atom. The fourth-order valence-electron chi connectivity index (χ4n) is 2.86. The number of hydrogen-bond donors (Lipinski definition) is 3. The summed E-state index contributed by atoms with van der Waals surface area (Å²) in [4.78, 5) is 23.3. The van der Waals surface area contributed by atoms with Crippen molar-refractivity contribution in [2.45, 2.75) is 38.3 Å². The minimum atomic E-state index is -0.151. The van der Waals surface area contributed by atoms with Crippen molar-refractivity contribution in [3.8, 4) is 0 Å². The van der Waals surface area contributed by atoms with Gasteiger partial charge in [0.25, 0.3) is 0 Å². The van der Waals surface area contributed by atoms with Crippen LogP contribution >= 0.6 is 0 Å². The molecule has 0 spiro atoms. The van der Waals surface area contributed by atoms with Gasteiger partial charge in [-0.05, 0) is 36.5 Å². The second kappa shape index (κ2) is 6.79. The fraction of sp³-hybridized carbons (Fsp3) is 0.500. The molecule has 6 heteroatoms. The summed E-state index contributed by atoms with van der Waals surface area (Å²) < 4.78 is 5.38. The summed E-state index contributed by atoms with van der Waals surface area (Å²) in [6.07, 6.45) is 3.22. The molecule has 1 saturated heterocycles. The van der Waals surface area contributed by atoms with Crippen molar-refractivity contribution in [3.63, 3.8) is 0 Å². The first kappa shape index (κ1) is 14.8. The maximum absolute atomic E-state index is 12.0. The second-order valence-electron chi connectivity index (χ2n) is 5.78. The Balaban J connectivity index is 1.49. The maximum Gasteiger partial charge on any atom is 0.315 e. The molecule has 2 aliphatic rings. The van der Waals surface area contributed by atoms with Crippen LogP contribution in [0.3, 0.4) is 0 Å². The molecule has 6 nitrogen and oxygen atoms in total. The zero-order valence-corrected chi connectivity index (χ0v) is 12.5. The highest BCUT2D eigenvalue weighted by atomic mass is 16.5. The number of fused-ring (bicyclic) bond motifs is 1. The van der Waals surface area contributed by atoms with Crippen molar-refractivity contribution in [2.24, 2.45) is 0 Å². The van der Waals surface area contributed by atoms with Crippen molar-refractivity contribution < 1.29 is 14.3 Å². The van der Waals surface area contributed by atoms with Crippen LogP contribution in [0.5, 0.6) is 0 Å². The standard InChI is InChI=1S/C16H21N3O3/c20-15-9-12-8-11(3-4-14(12)19-15)10-17-16(21)18-13-2-1-6-22-7-5-13/h3-4,8,13H,1-2,5-7,9-10H2,(H,19,20)(H2,17,18,21). The molecule has 2 heterocycles. The van der Waals surface area contributed by atoms with Gasteiger partial charge in [-0.2, -0.15) is 0 Å². The summed E-state index contributed by atoms with van der Waals surface area (Å²) in [5.41, 5.74) is 2.86. The van der Waals surface area contributed by atoms with E-state index in [0.717, 1.165) is 42.7 Å². The van der Waals surface area contributed by atoms with Gasteiger partial charge >= 0.3 is 6.03 Å². The Kier molecular flexibility index (Phi) is 4.58. The largest absolute Gasteiger partial charge is 0.381 e. The van der Waals surface area contributed by atoms with Crippen molar-refractivity contribution in [1.82, 2.24) is 10.6 Å². The lowest BCUT2D eigenvalue weighted by molar-refractivity contribution is -0.115. The van der Waals surface area contributed by atoms with Crippen molar-refractivity contribution in [3.05, 3.63) is 29.3 Å². The number of anilines is 1. The second-order valence-corrected chi connectivity index (χ2v) is 5.78. The zero-order valence-electron chi connectivity index (χ0n) is 12.5. The summed E-state index contributed by atoms with van der Waals surface area (Å²) in [6, 6.07) is 5.81. The van der Waals surface area contributed by atoms with E-state index in [9.17, 15) is 9.59 Å². The molecule has 0 aliphatic carbocycles. The van der Waals surface area contributed by atoms with Crippen LogP contribution in [0, 0.1) is 0 Å². The van der Waals surface area contributed by atoms with Gasteiger partial charge in [0.2, 0.25) is 5.91 Å². The molecule has 22 heavy (non-hydrogen) atoms. The molecule has 0 saturated carbocycles. The van der Waals surface area contributed by atoms with Crippen LogP contribution in [0.15, 0.2) is 18.2 Å². The van der Waals surface area contributed by atoms with Crippen LogP contribution in [-0.2, 0) is 22.5 Å². The number of hydrogen-bond acceptors (Lipinski definition) is 3. The van der Waals surface area contributed by atoms with E-state index >= 15 is 0 Å². The first-order chi connectivity index (χ1) is 10.7. The van der Waals surface area contributed by atoms with Crippen molar-refractivity contribution in [2.75, 3.05) is 18.5 Å². The minimum absolute atomic E-state index is 0.0217. The summed E-state index contributed by atoms with van der Waals surface area (Å²) in [6.45, 7) is 1.94. The lowest BCUT2D eigenvalue weighted by atomic mass is 10.1. The maximum atomic E-state index is 12.0. The number of carbonyl (C=O) groups excluding carboxylic acids is 2. The Bertz CT molecular complexity index is 566. The highest BCUT2D eigenvalue weighted by Gasteiger charge is 2.18. The molecule has 118 valence electrons. The highest BCUT2D eigenvalue weighted by molar-refractivity contribution is 5.99. The smallest absolute Gasteiger partial charge is 0.315 e. The molecule has 3 rings (SSSR count). The third kappa shape index (κ3) is 3.76. The number of rotatable bonds is 3. The van der Waals surface area contributed by atoms with E-state index in [1.54, 1.807) is 0 Å². The summed E-state index contributed by atoms with van der Waals surface area (Å²) >= 11 is 0. The summed E-state index contributed by atoms with van der Waals surface area (Å²) in [5.74, 6) is 0.0217. The average molecular weight is 303 g/mol. The topological polar surface area (TPSA) is 79.5 Å². The Morgan fingerprint density at radius 1 is 1.32 bits per heavy atom. The number of urea groups is 1. The van der Waals surface area contributed by atoms with Gasteiger partial charge in [-0.3, -0.25) is 4.79 Å². The molecule has 0 aromatic heterocycles. The van der Waals surface area contributed by atoms with Crippen LogP contribution in [0.2, 0.25) is 0 Å². The SMILES string of the molecule is O=C1Cc2cc(CNC(=O)NC3CCCOCC3)ccc2N1. The van der Waals surface area contributed by atoms with Gasteiger partial charge in [0.05, 0.1) is 6.42 Å². The van der Waals surface area contributed by atoms with E-state index in [0.29, 0.717) is 19.6 Å². The van der Waals surface area contributed by atoms with Gasteiger partial charge in [-0.15, -0.1) is 0 Å². The summed E-state index contributed by atoms with van der Waals surface area (Å²) in [7, 11) is 0. The fourth-order valence-corrected chi connectivity index (χ4v) is 2.86. The van der Waals surface area contributed by atoms with Crippen molar-refractivity contribution in [1.29, 1.82) is 0 Å². The number of nitrogens with one attached hydrogen (secondary N) is 3. The molecule has 3 N–H and O–H groups in total. The molecule has 0 bridgehead atoms. The normalized spacial score (nSPS) is 20.7. The predicted octanol–water partition coefficient (Wildman–Crippen LogP) is 1.55. The molecule has 1 unspecified atom stereocenters. The number of carbonyl (C=O) groups is 2. The predicted molar refractivity (Wildman–Crippen MR) is 82.6 cm³/mol. The van der Waals surface area contributed by atoms with Gasteiger partial charge in [-0.25, -0.2) is 4.79 Å².